The summed E-state index contributed by atoms with van der Waals surface area (Å²) in [4.78, 5) is 0. The number of nitrogens with zero attached hydrogens (tertiary/aromatic N) is 2. The first-order valence-electron chi connectivity index (χ1n) is 13.3. The zero-order valence-electron chi connectivity index (χ0n) is 21.0. The molecule has 2 aromatic heterocycles. The van der Waals surface area contributed by atoms with Crippen molar-refractivity contribution in [2.24, 2.45) is 0 Å². The van der Waals surface area contributed by atoms with Gasteiger partial charge < -0.3 is 9.13 Å². The highest BCUT2D eigenvalue weighted by Crippen LogP contribution is 2.38. The molecule has 5 aromatic carbocycles. The summed E-state index contributed by atoms with van der Waals surface area (Å²) in [5.74, 6) is 0. The van der Waals surface area contributed by atoms with Crippen LogP contribution in [0.15, 0.2) is 121 Å². The standard InChI is InChI=1S/C35H23BN2/c1-22-18-31-33-32(19-22)38-30(24-12-6-3-7-13-24)21-26-15-9-17-28(35(26)38)36(33)27-16-8-14-25-20-29(37(31)34(25)27)23-10-4-2-5-11-23/h2-21H,1H3. The molecule has 0 unspecified atom stereocenters. The van der Waals surface area contributed by atoms with Crippen LogP contribution in [-0.2, 0) is 0 Å². The van der Waals surface area contributed by atoms with Crippen LogP contribution >= 0.6 is 0 Å². The zero-order valence-corrected chi connectivity index (χ0v) is 21.0. The Hall–Kier alpha value is -4.76. The van der Waals surface area contributed by atoms with E-state index >= 15 is 0 Å². The maximum atomic E-state index is 2.53. The van der Waals surface area contributed by atoms with Crippen LogP contribution in [0.3, 0.4) is 0 Å². The molecule has 2 nitrogen and oxygen atoms in total. The Morgan fingerprint density at radius 3 is 1.45 bits per heavy atom. The smallest absolute Gasteiger partial charge is 0.252 e. The lowest BCUT2D eigenvalue weighted by atomic mass is 9.34. The summed E-state index contributed by atoms with van der Waals surface area (Å²) in [6.45, 7) is 2.43. The third kappa shape index (κ3) is 2.49. The highest BCUT2D eigenvalue weighted by atomic mass is 15.0. The fourth-order valence-corrected chi connectivity index (χ4v) is 7.09. The van der Waals surface area contributed by atoms with E-state index in [1.165, 1.54) is 77.6 Å². The summed E-state index contributed by atoms with van der Waals surface area (Å²) in [5.41, 5.74) is 15.7. The Bertz CT molecular complexity index is 1930. The van der Waals surface area contributed by atoms with E-state index in [4.69, 9.17) is 0 Å². The average Bonchev–Trinajstić information content (AvgIpc) is 3.55. The highest BCUT2D eigenvalue weighted by molar-refractivity contribution is 7.00. The van der Waals surface area contributed by atoms with E-state index < -0.39 is 0 Å². The van der Waals surface area contributed by atoms with Gasteiger partial charge in [-0.1, -0.05) is 97.1 Å². The molecule has 2 aliphatic rings. The molecule has 0 aliphatic carbocycles. The molecule has 0 radical (unpaired) electrons. The Labute approximate surface area is 221 Å². The van der Waals surface area contributed by atoms with Crippen LogP contribution in [-0.4, -0.2) is 15.8 Å². The molecule has 0 saturated carbocycles. The van der Waals surface area contributed by atoms with Gasteiger partial charge in [-0.25, -0.2) is 0 Å². The largest absolute Gasteiger partial charge is 0.310 e. The number of hydrogen-bond acceptors (Lipinski definition) is 0. The molecule has 7 aromatic rings. The zero-order chi connectivity index (χ0) is 25.0. The summed E-state index contributed by atoms with van der Waals surface area (Å²) >= 11 is 0. The predicted molar refractivity (Wildman–Crippen MR) is 160 cm³/mol. The molecule has 2 aliphatic heterocycles. The third-order valence-corrected chi connectivity index (χ3v) is 8.52. The van der Waals surface area contributed by atoms with Crippen LogP contribution in [0.2, 0.25) is 0 Å². The number of aryl methyl sites for hydroxylation is 1. The summed E-state index contributed by atoms with van der Waals surface area (Å²) < 4.78 is 5.05. The Morgan fingerprint density at radius 2 is 0.974 bits per heavy atom. The second-order valence-corrected chi connectivity index (χ2v) is 10.7. The predicted octanol–water partition coefficient (Wildman–Crippen LogP) is 6.36. The van der Waals surface area contributed by atoms with Gasteiger partial charge in [-0.2, -0.15) is 0 Å². The van der Waals surface area contributed by atoms with Gasteiger partial charge in [0, 0.05) is 33.2 Å². The first-order valence-corrected chi connectivity index (χ1v) is 13.3. The van der Waals surface area contributed by atoms with Gasteiger partial charge in [0.05, 0.1) is 11.4 Å². The minimum Gasteiger partial charge on any atom is -0.310 e. The van der Waals surface area contributed by atoms with Crippen molar-refractivity contribution in [1.29, 1.82) is 0 Å². The molecule has 3 heteroatoms. The number of fused-ring (bicyclic) bond motifs is 4. The SMILES string of the molecule is Cc1cc2c3c(c1)-n1c(-c4ccccc4)cc4cccc(c41)B3c1cccc3cc(-c4ccccc4)n-2c13. The van der Waals surface area contributed by atoms with Gasteiger partial charge in [0.15, 0.2) is 0 Å². The molecule has 0 bridgehead atoms. The summed E-state index contributed by atoms with van der Waals surface area (Å²) in [7, 11) is 0. The molecule has 4 heterocycles. The van der Waals surface area contributed by atoms with Crippen molar-refractivity contribution in [3.63, 3.8) is 0 Å². The molecule has 0 saturated heterocycles. The van der Waals surface area contributed by atoms with Crippen molar-refractivity contribution >= 4 is 44.9 Å². The van der Waals surface area contributed by atoms with E-state index in [1.54, 1.807) is 0 Å². The fraction of sp³-hybridized carbons (Fsp3) is 0.0286. The number of aromatic nitrogens is 2. The van der Waals surface area contributed by atoms with Crippen molar-refractivity contribution in [2.45, 2.75) is 6.92 Å². The lowest BCUT2D eigenvalue weighted by Crippen LogP contribution is -2.59. The molecule has 0 N–H and O–H groups in total. The molecular weight excluding hydrogens is 459 g/mol. The van der Waals surface area contributed by atoms with Gasteiger partial charge in [-0.15, -0.1) is 0 Å². The lowest BCUT2D eigenvalue weighted by molar-refractivity contribution is 1.09. The first-order chi connectivity index (χ1) is 18.8. The van der Waals surface area contributed by atoms with E-state index in [-0.39, 0.29) is 6.71 Å². The molecule has 9 rings (SSSR count). The number of hydrogen-bond donors (Lipinski definition) is 0. The molecule has 0 amide bonds. The van der Waals surface area contributed by atoms with Gasteiger partial charge in [0.2, 0.25) is 0 Å². The van der Waals surface area contributed by atoms with Crippen LogP contribution in [0.1, 0.15) is 5.56 Å². The van der Waals surface area contributed by atoms with E-state index in [0.717, 1.165) is 0 Å². The van der Waals surface area contributed by atoms with Crippen LogP contribution < -0.4 is 16.4 Å². The van der Waals surface area contributed by atoms with Gasteiger partial charge in [0.1, 0.15) is 0 Å². The van der Waals surface area contributed by atoms with Crippen LogP contribution in [0.5, 0.6) is 0 Å². The van der Waals surface area contributed by atoms with E-state index in [2.05, 4.69) is 137 Å². The molecule has 38 heavy (non-hydrogen) atoms. The Kier molecular flexibility index (Phi) is 3.84. The minimum absolute atomic E-state index is 0.199. The summed E-state index contributed by atoms with van der Waals surface area (Å²) in [6, 6.07) is 44.9. The van der Waals surface area contributed by atoms with Crippen molar-refractivity contribution in [3.8, 4) is 33.9 Å². The lowest BCUT2D eigenvalue weighted by Gasteiger charge is -2.34. The summed E-state index contributed by atoms with van der Waals surface area (Å²) in [6.07, 6.45) is 0. The van der Waals surface area contributed by atoms with Crippen LogP contribution in [0, 0.1) is 6.92 Å². The number of benzene rings is 5. The van der Waals surface area contributed by atoms with Gasteiger partial charge in [-0.3, -0.25) is 0 Å². The van der Waals surface area contributed by atoms with Crippen LogP contribution in [0.4, 0.5) is 0 Å². The molecular formula is C35H23BN2. The van der Waals surface area contributed by atoms with Crippen molar-refractivity contribution in [3.05, 3.63) is 127 Å². The number of para-hydroxylation sites is 2. The molecule has 176 valence electrons. The van der Waals surface area contributed by atoms with Gasteiger partial charge in [0.25, 0.3) is 6.71 Å². The maximum absolute atomic E-state index is 2.53. The number of rotatable bonds is 2. The molecule has 0 spiro atoms. The normalized spacial score (nSPS) is 12.8. The summed E-state index contributed by atoms with van der Waals surface area (Å²) in [5, 5.41) is 2.60. The first kappa shape index (κ1) is 20.3. The second kappa shape index (κ2) is 7.17. The van der Waals surface area contributed by atoms with E-state index in [0.29, 0.717) is 0 Å². The Balaban J connectivity index is 1.48. The monoisotopic (exact) mass is 482 g/mol. The van der Waals surface area contributed by atoms with Crippen molar-refractivity contribution in [1.82, 2.24) is 9.13 Å². The highest BCUT2D eigenvalue weighted by Gasteiger charge is 2.40. The van der Waals surface area contributed by atoms with Crippen molar-refractivity contribution in [2.75, 3.05) is 0 Å². The third-order valence-electron chi connectivity index (χ3n) is 8.52. The topological polar surface area (TPSA) is 9.86 Å². The Morgan fingerprint density at radius 1 is 0.500 bits per heavy atom. The molecule has 0 fully saturated rings. The minimum atomic E-state index is 0.199. The maximum Gasteiger partial charge on any atom is 0.252 e. The molecule has 0 atom stereocenters. The average molecular weight is 482 g/mol. The van der Waals surface area contributed by atoms with E-state index in [1.807, 2.05) is 0 Å². The van der Waals surface area contributed by atoms with Crippen LogP contribution in [0.25, 0.3) is 55.7 Å². The second-order valence-electron chi connectivity index (χ2n) is 10.7. The van der Waals surface area contributed by atoms with Crippen molar-refractivity contribution < 1.29 is 0 Å². The quantitative estimate of drug-likeness (QED) is 0.254. The van der Waals surface area contributed by atoms with Gasteiger partial charge in [-0.05, 0) is 64.3 Å². The fourth-order valence-electron chi connectivity index (χ4n) is 7.09. The van der Waals surface area contributed by atoms with Gasteiger partial charge >= 0.3 is 0 Å². The van der Waals surface area contributed by atoms with E-state index in [9.17, 15) is 0 Å².